The summed E-state index contributed by atoms with van der Waals surface area (Å²) in [5.41, 5.74) is 1.04. The quantitative estimate of drug-likeness (QED) is 0.493. The topological polar surface area (TPSA) is 35.5 Å². The lowest BCUT2D eigenvalue weighted by Crippen LogP contribution is -2.05. The maximum Gasteiger partial charge on any atom is 0.330 e. The number of allylic oxidation sites excluding steroid dienone is 1. The van der Waals surface area contributed by atoms with E-state index in [4.69, 9.17) is 9.47 Å². The smallest absolute Gasteiger partial charge is 0.330 e. The molecule has 3 heteroatoms. The van der Waals surface area contributed by atoms with E-state index in [1.165, 1.54) is 12.5 Å². The van der Waals surface area contributed by atoms with E-state index in [2.05, 4.69) is 0 Å². The molecule has 0 saturated heterocycles. The van der Waals surface area contributed by atoms with Crippen LogP contribution >= 0.6 is 0 Å². The number of cyclic esters (lactones) is 1. The van der Waals surface area contributed by atoms with E-state index >= 15 is 0 Å². The molecule has 0 spiro atoms. The minimum absolute atomic E-state index is 0.265. The highest BCUT2D eigenvalue weighted by Crippen LogP contribution is 2.12. The van der Waals surface area contributed by atoms with Crippen molar-refractivity contribution < 1.29 is 14.3 Å². The molecule has 0 aromatic carbocycles. The Labute approximate surface area is 90.8 Å². The van der Waals surface area contributed by atoms with Crippen LogP contribution in [0.3, 0.4) is 0 Å². The van der Waals surface area contributed by atoms with Crippen molar-refractivity contribution in [1.82, 2.24) is 0 Å². The molecule has 1 rings (SSSR count). The average molecular weight is 210 g/mol. The van der Waals surface area contributed by atoms with Crippen LogP contribution in [0.15, 0.2) is 24.0 Å². The van der Waals surface area contributed by atoms with Crippen molar-refractivity contribution in [3.63, 3.8) is 0 Å². The average Bonchev–Trinajstić information content (AvgIpc) is 2.27. The molecular weight excluding hydrogens is 192 g/mol. The molecule has 1 aliphatic heterocycles. The van der Waals surface area contributed by atoms with Crippen LogP contribution in [0.5, 0.6) is 0 Å². The molecular formula is C12H18O3. The van der Waals surface area contributed by atoms with Gasteiger partial charge in [-0.25, -0.2) is 4.79 Å². The van der Waals surface area contributed by atoms with Gasteiger partial charge in [0.15, 0.2) is 0 Å². The minimum atomic E-state index is -0.265. The number of rotatable bonds is 1. The Morgan fingerprint density at radius 1 is 1.40 bits per heavy atom. The van der Waals surface area contributed by atoms with Crippen LogP contribution in [0.4, 0.5) is 0 Å². The summed E-state index contributed by atoms with van der Waals surface area (Å²) in [6, 6.07) is 0. The summed E-state index contributed by atoms with van der Waals surface area (Å²) in [6.07, 6.45) is 10.4. The lowest BCUT2D eigenvalue weighted by atomic mass is 10.1. The highest BCUT2D eigenvalue weighted by molar-refractivity contribution is 5.81. The zero-order chi connectivity index (χ0) is 10.9. The Balaban J connectivity index is 2.52. The lowest BCUT2D eigenvalue weighted by Gasteiger charge is -2.06. The number of ether oxygens (including phenoxy) is 2. The Bertz CT molecular complexity index is 254. The molecule has 0 radical (unpaired) electrons. The van der Waals surface area contributed by atoms with Crippen LogP contribution in [0, 0.1) is 0 Å². The van der Waals surface area contributed by atoms with Crippen LogP contribution in [-0.4, -0.2) is 19.7 Å². The fraction of sp³-hybridized carbons (Fsp3) is 0.583. The van der Waals surface area contributed by atoms with Crippen molar-refractivity contribution in [3.05, 3.63) is 24.0 Å². The number of methoxy groups -OCH3 is 1. The Hall–Kier alpha value is -1.25. The van der Waals surface area contributed by atoms with Gasteiger partial charge in [-0.3, -0.25) is 0 Å². The van der Waals surface area contributed by atoms with E-state index in [0.29, 0.717) is 6.61 Å². The van der Waals surface area contributed by atoms with E-state index in [1.54, 1.807) is 13.4 Å². The molecule has 15 heavy (non-hydrogen) atoms. The number of hydrogen-bond donors (Lipinski definition) is 0. The van der Waals surface area contributed by atoms with Gasteiger partial charge in [0, 0.05) is 11.6 Å². The van der Waals surface area contributed by atoms with Crippen molar-refractivity contribution in [2.45, 2.75) is 32.1 Å². The van der Waals surface area contributed by atoms with Crippen LogP contribution in [-0.2, 0) is 14.3 Å². The summed E-state index contributed by atoms with van der Waals surface area (Å²) in [5, 5.41) is 0. The molecule has 0 saturated carbocycles. The highest BCUT2D eigenvalue weighted by atomic mass is 16.5. The third-order valence-corrected chi connectivity index (χ3v) is 2.31. The summed E-state index contributed by atoms with van der Waals surface area (Å²) >= 11 is 0. The van der Waals surface area contributed by atoms with E-state index in [-0.39, 0.29) is 5.97 Å². The summed E-state index contributed by atoms with van der Waals surface area (Å²) < 4.78 is 10.0. The normalized spacial score (nSPS) is 24.1. The van der Waals surface area contributed by atoms with Gasteiger partial charge in [-0.15, -0.1) is 0 Å². The molecule has 0 atom stereocenters. The van der Waals surface area contributed by atoms with Gasteiger partial charge in [-0.1, -0.05) is 12.5 Å². The molecule has 0 aromatic rings. The summed E-state index contributed by atoms with van der Waals surface area (Å²) in [7, 11) is 1.61. The molecule has 0 unspecified atom stereocenters. The van der Waals surface area contributed by atoms with E-state index in [0.717, 1.165) is 31.3 Å². The van der Waals surface area contributed by atoms with Crippen LogP contribution in [0.2, 0.25) is 0 Å². The van der Waals surface area contributed by atoms with Gasteiger partial charge in [0.05, 0.1) is 13.4 Å². The molecule has 1 aliphatic rings. The van der Waals surface area contributed by atoms with Crippen LogP contribution in [0.1, 0.15) is 32.1 Å². The van der Waals surface area contributed by atoms with Crippen LogP contribution < -0.4 is 0 Å². The van der Waals surface area contributed by atoms with E-state index in [1.807, 2.05) is 6.08 Å². The zero-order valence-electron chi connectivity index (χ0n) is 9.20. The first-order chi connectivity index (χ1) is 7.33. The predicted octanol–water partition coefficient (Wildman–Crippen LogP) is 2.58. The lowest BCUT2D eigenvalue weighted by molar-refractivity contribution is -0.136. The third kappa shape index (κ3) is 5.25. The molecule has 3 nitrogen and oxygen atoms in total. The van der Waals surface area contributed by atoms with E-state index < -0.39 is 0 Å². The zero-order valence-corrected chi connectivity index (χ0v) is 9.20. The minimum Gasteiger partial charge on any atom is -0.504 e. The SMILES string of the molecule is CO/C=C1/CCCCC/C=C\C(=O)OC1. The molecule has 0 fully saturated rings. The second-order valence-electron chi connectivity index (χ2n) is 3.62. The maximum absolute atomic E-state index is 11.2. The number of esters is 1. The number of hydrogen-bond acceptors (Lipinski definition) is 3. The first-order valence-corrected chi connectivity index (χ1v) is 5.37. The summed E-state index contributed by atoms with van der Waals surface area (Å²) in [6.45, 7) is 0.344. The summed E-state index contributed by atoms with van der Waals surface area (Å²) in [5.74, 6) is -0.265. The van der Waals surface area contributed by atoms with Gasteiger partial charge in [-0.2, -0.15) is 0 Å². The van der Waals surface area contributed by atoms with Gasteiger partial charge in [0.2, 0.25) is 0 Å². The predicted molar refractivity (Wildman–Crippen MR) is 58.3 cm³/mol. The fourth-order valence-electron chi connectivity index (χ4n) is 1.51. The first kappa shape index (κ1) is 11.8. The van der Waals surface area contributed by atoms with Gasteiger partial charge in [0.25, 0.3) is 0 Å². The highest BCUT2D eigenvalue weighted by Gasteiger charge is 2.04. The Kier molecular flexibility index (Phi) is 5.59. The number of carbonyl (C=O) groups is 1. The van der Waals surface area contributed by atoms with Gasteiger partial charge < -0.3 is 9.47 Å². The van der Waals surface area contributed by atoms with Crippen molar-refractivity contribution in [2.75, 3.05) is 13.7 Å². The first-order valence-electron chi connectivity index (χ1n) is 5.37. The second-order valence-corrected chi connectivity index (χ2v) is 3.62. The van der Waals surface area contributed by atoms with Crippen molar-refractivity contribution >= 4 is 5.97 Å². The molecule has 0 amide bonds. The monoisotopic (exact) mass is 210 g/mol. The molecule has 84 valence electrons. The molecule has 0 aliphatic carbocycles. The van der Waals surface area contributed by atoms with Crippen molar-refractivity contribution in [1.29, 1.82) is 0 Å². The van der Waals surface area contributed by atoms with E-state index in [9.17, 15) is 4.79 Å². The van der Waals surface area contributed by atoms with Gasteiger partial charge >= 0.3 is 5.97 Å². The second kappa shape index (κ2) is 7.10. The largest absolute Gasteiger partial charge is 0.504 e. The molecule has 1 heterocycles. The Morgan fingerprint density at radius 3 is 3.07 bits per heavy atom. The van der Waals surface area contributed by atoms with Crippen molar-refractivity contribution in [2.24, 2.45) is 0 Å². The standard InChI is InChI=1S/C12H18O3/c1-14-9-11-7-5-3-2-4-6-8-12(13)15-10-11/h6,8-9H,2-5,7,10H2,1H3/b8-6-,11-9-. The third-order valence-electron chi connectivity index (χ3n) is 2.31. The fourth-order valence-corrected chi connectivity index (χ4v) is 1.51. The molecule has 0 aromatic heterocycles. The molecule has 0 bridgehead atoms. The maximum atomic E-state index is 11.2. The van der Waals surface area contributed by atoms with Crippen molar-refractivity contribution in [3.8, 4) is 0 Å². The number of carbonyl (C=O) groups excluding carboxylic acids is 1. The van der Waals surface area contributed by atoms with Gasteiger partial charge in [0.1, 0.15) is 6.61 Å². The van der Waals surface area contributed by atoms with Gasteiger partial charge in [-0.05, 0) is 25.7 Å². The molecule has 0 N–H and O–H groups in total. The van der Waals surface area contributed by atoms with Crippen LogP contribution in [0.25, 0.3) is 0 Å². The Morgan fingerprint density at radius 2 is 2.27 bits per heavy atom. The summed E-state index contributed by atoms with van der Waals surface area (Å²) in [4.78, 5) is 11.2.